The Hall–Kier alpha value is -1.17. The summed E-state index contributed by atoms with van der Waals surface area (Å²) in [6.45, 7) is 4.09. The van der Waals surface area contributed by atoms with Crippen LogP contribution in [0.25, 0.3) is 0 Å². The first-order chi connectivity index (χ1) is 6.66. The first kappa shape index (κ1) is 9.39. The molecule has 0 aromatic heterocycles. The van der Waals surface area contributed by atoms with Crippen LogP contribution < -0.4 is 5.32 Å². The summed E-state index contributed by atoms with van der Waals surface area (Å²) in [6.07, 6.45) is 1.05. The number of carbonyl (C=O) groups excluding carboxylic acids is 1. The zero-order valence-corrected chi connectivity index (χ0v) is 8.71. The average molecular weight is 210 g/mol. The summed E-state index contributed by atoms with van der Waals surface area (Å²) >= 11 is 1.52. The second kappa shape index (κ2) is 3.53. The normalized spacial score (nSPS) is 24.5. The molecule has 2 aliphatic heterocycles. The van der Waals surface area contributed by atoms with Gasteiger partial charge in [0.25, 0.3) is 5.91 Å². The molecule has 1 amide bonds. The number of hydrogen-bond donors (Lipinski definition) is 1. The van der Waals surface area contributed by atoms with Crippen LogP contribution in [0.1, 0.15) is 13.8 Å². The summed E-state index contributed by atoms with van der Waals surface area (Å²) in [4.78, 5) is 15.7. The average Bonchev–Trinajstić information content (AvgIpc) is 2.50. The summed E-state index contributed by atoms with van der Waals surface area (Å²) in [6, 6.07) is 0. The molecule has 0 radical (unpaired) electrons. The zero-order valence-electron chi connectivity index (χ0n) is 7.89. The number of thioether (sulfide) groups is 1. The van der Waals surface area contributed by atoms with Gasteiger partial charge in [0.05, 0.1) is 11.8 Å². The molecule has 1 atom stereocenters. The molecule has 0 aliphatic carbocycles. The molecule has 0 bridgehead atoms. The minimum absolute atomic E-state index is 0.141. The largest absolute Gasteiger partial charge is 0.301 e. The SMILES string of the molecule is CC(C)SC1=NC2N=NC=C2C(=O)N1. The smallest absolute Gasteiger partial charge is 0.258 e. The fourth-order valence-electron chi connectivity index (χ4n) is 1.15. The van der Waals surface area contributed by atoms with Gasteiger partial charge in [-0.1, -0.05) is 25.6 Å². The number of nitrogens with zero attached hydrogens (tertiary/aromatic N) is 3. The Kier molecular flexibility index (Phi) is 2.37. The third kappa shape index (κ3) is 1.70. The van der Waals surface area contributed by atoms with Gasteiger partial charge in [0, 0.05) is 5.25 Å². The molecule has 6 heteroatoms. The highest BCUT2D eigenvalue weighted by atomic mass is 32.2. The third-order valence-electron chi connectivity index (χ3n) is 1.72. The number of carbonyl (C=O) groups is 1. The maximum atomic E-state index is 11.5. The van der Waals surface area contributed by atoms with E-state index in [1.54, 1.807) is 0 Å². The number of fused-ring (bicyclic) bond motifs is 1. The van der Waals surface area contributed by atoms with Crippen LogP contribution in [0.2, 0.25) is 0 Å². The van der Waals surface area contributed by atoms with Gasteiger partial charge in [-0.15, -0.1) is 0 Å². The first-order valence-corrected chi connectivity index (χ1v) is 5.20. The topological polar surface area (TPSA) is 66.2 Å². The molecule has 2 aliphatic rings. The summed E-state index contributed by atoms with van der Waals surface area (Å²) < 4.78 is 0. The van der Waals surface area contributed by atoms with Crippen LogP contribution in [-0.4, -0.2) is 22.5 Å². The monoisotopic (exact) mass is 210 g/mol. The van der Waals surface area contributed by atoms with Gasteiger partial charge >= 0.3 is 0 Å². The number of amidine groups is 1. The van der Waals surface area contributed by atoms with E-state index < -0.39 is 6.17 Å². The van der Waals surface area contributed by atoms with Crippen LogP contribution >= 0.6 is 11.8 Å². The molecule has 0 aromatic carbocycles. The molecular weight excluding hydrogens is 200 g/mol. The molecule has 14 heavy (non-hydrogen) atoms. The lowest BCUT2D eigenvalue weighted by atomic mass is 10.2. The Morgan fingerprint density at radius 2 is 2.36 bits per heavy atom. The van der Waals surface area contributed by atoms with Crippen molar-refractivity contribution >= 4 is 22.8 Å². The van der Waals surface area contributed by atoms with Crippen molar-refractivity contribution in [2.24, 2.45) is 15.2 Å². The first-order valence-electron chi connectivity index (χ1n) is 4.32. The minimum atomic E-state index is -0.412. The van der Waals surface area contributed by atoms with Gasteiger partial charge in [-0.3, -0.25) is 4.79 Å². The standard InChI is InChI=1S/C8H10N4OS/c1-4(2)14-8-10-6-5(3-9-12-6)7(13)11-8/h3-4,6H,1-2H3,(H,10,11,13). The molecule has 0 aromatic rings. The maximum absolute atomic E-state index is 11.5. The Bertz CT molecular complexity index is 358. The van der Waals surface area contributed by atoms with Crippen LogP contribution in [0.3, 0.4) is 0 Å². The highest BCUT2D eigenvalue weighted by molar-refractivity contribution is 8.14. The quantitative estimate of drug-likeness (QED) is 0.708. The minimum Gasteiger partial charge on any atom is -0.301 e. The number of amides is 1. The van der Waals surface area contributed by atoms with Crippen molar-refractivity contribution in [1.29, 1.82) is 0 Å². The van der Waals surface area contributed by atoms with E-state index in [9.17, 15) is 4.79 Å². The molecule has 5 nitrogen and oxygen atoms in total. The lowest BCUT2D eigenvalue weighted by Gasteiger charge is -2.18. The lowest BCUT2D eigenvalue weighted by Crippen LogP contribution is -2.38. The molecule has 2 rings (SSSR count). The van der Waals surface area contributed by atoms with Crippen molar-refractivity contribution in [2.75, 3.05) is 0 Å². The number of azo groups is 1. The highest BCUT2D eigenvalue weighted by Crippen LogP contribution is 2.23. The second-order valence-electron chi connectivity index (χ2n) is 3.24. The van der Waals surface area contributed by atoms with Crippen molar-refractivity contribution in [2.45, 2.75) is 25.3 Å². The second-order valence-corrected chi connectivity index (χ2v) is 4.81. The van der Waals surface area contributed by atoms with Gasteiger partial charge in [-0.25, -0.2) is 4.99 Å². The van der Waals surface area contributed by atoms with Gasteiger partial charge in [0.2, 0.25) is 0 Å². The fraction of sp³-hybridized carbons (Fsp3) is 0.500. The van der Waals surface area contributed by atoms with E-state index in [0.29, 0.717) is 16.0 Å². The van der Waals surface area contributed by atoms with Crippen molar-refractivity contribution in [3.8, 4) is 0 Å². The van der Waals surface area contributed by atoms with Crippen molar-refractivity contribution < 1.29 is 4.79 Å². The molecule has 74 valence electrons. The van der Waals surface area contributed by atoms with Crippen molar-refractivity contribution in [1.82, 2.24) is 5.32 Å². The summed E-state index contributed by atoms with van der Waals surface area (Å²) in [7, 11) is 0. The highest BCUT2D eigenvalue weighted by Gasteiger charge is 2.29. The van der Waals surface area contributed by atoms with Crippen molar-refractivity contribution in [3.05, 3.63) is 11.8 Å². The van der Waals surface area contributed by atoms with E-state index in [1.165, 1.54) is 18.0 Å². The Balaban J connectivity index is 2.18. The maximum Gasteiger partial charge on any atom is 0.258 e. The number of nitrogens with one attached hydrogen (secondary N) is 1. The van der Waals surface area contributed by atoms with Crippen molar-refractivity contribution in [3.63, 3.8) is 0 Å². The molecule has 2 heterocycles. The van der Waals surface area contributed by atoms with E-state index in [1.807, 2.05) is 13.8 Å². The Morgan fingerprint density at radius 1 is 1.57 bits per heavy atom. The van der Waals surface area contributed by atoms with Crippen LogP contribution in [0, 0.1) is 0 Å². The molecule has 0 saturated carbocycles. The van der Waals surface area contributed by atoms with Gasteiger partial charge in [-0.05, 0) is 0 Å². The van der Waals surface area contributed by atoms with E-state index in [0.717, 1.165) is 0 Å². The predicted molar refractivity (Wildman–Crippen MR) is 55.0 cm³/mol. The van der Waals surface area contributed by atoms with Gasteiger partial charge < -0.3 is 5.32 Å². The molecule has 1 unspecified atom stereocenters. The van der Waals surface area contributed by atoms with Gasteiger partial charge in [0.1, 0.15) is 0 Å². The number of aliphatic imine (C=N–C) groups is 1. The summed E-state index contributed by atoms with van der Waals surface area (Å²) in [5, 5.41) is 11.2. The van der Waals surface area contributed by atoms with Crippen LogP contribution in [-0.2, 0) is 4.79 Å². The predicted octanol–water partition coefficient (Wildman–Crippen LogP) is 1.29. The molecule has 0 spiro atoms. The fourth-order valence-corrected chi connectivity index (χ4v) is 1.91. The zero-order chi connectivity index (χ0) is 10.1. The molecular formula is C8H10N4OS. The lowest BCUT2D eigenvalue weighted by molar-refractivity contribution is -0.116. The van der Waals surface area contributed by atoms with E-state index in [-0.39, 0.29) is 5.91 Å². The van der Waals surface area contributed by atoms with E-state index in [2.05, 4.69) is 20.5 Å². The molecule has 1 N–H and O–H groups in total. The third-order valence-corrected chi connectivity index (χ3v) is 2.62. The summed E-state index contributed by atoms with van der Waals surface area (Å²) in [5.41, 5.74) is 0.526. The number of rotatable bonds is 1. The van der Waals surface area contributed by atoms with Gasteiger partial charge in [0.15, 0.2) is 11.3 Å². The van der Waals surface area contributed by atoms with Crippen LogP contribution in [0.4, 0.5) is 0 Å². The number of hydrogen-bond acceptors (Lipinski definition) is 5. The Morgan fingerprint density at radius 3 is 3.07 bits per heavy atom. The van der Waals surface area contributed by atoms with E-state index in [4.69, 9.17) is 0 Å². The molecule has 0 saturated heterocycles. The van der Waals surface area contributed by atoms with Crippen LogP contribution in [0.5, 0.6) is 0 Å². The summed E-state index contributed by atoms with van der Waals surface area (Å²) in [5.74, 6) is -0.141. The molecule has 0 fully saturated rings. The van der Waals surface area contributed by atoms with E-state index >= 15 is 0 Å². The van der Waals surface area contributed by atoms with Gasteiger partial charge in [-0.2, -0.15) is 10.2 Å². The Labute approximate surface area is 85.8 Å². The van der Waals surface area contributed by atoms with Crippen LogP contribution in [0.15, 0.2) is 27.0 Å².